The first-order chi connectivity index (χ1) is 18.4. The Bertz CT molecular complexity index is 852. The fraction of sp³-hybridized carbons (Fsp3) is 0.900. The molecule has 13 atom stereocenters. The maximum atomic E-state index is 13.2. The highest BCUT2D eigenvalue weighted by atomic mass is 16.7. The van der Waals surface area contributed by atoms with Crippen molar-refractivity contribution in [2.75, 3.05) is 27.7 Å². The lowest BCUT2D eigenvalue weighted by molar-refractivity contribution is -0.271. The minimum atomic E-state index is -1.71. The van der Waals surface area contributed by atoms with E-state index in [1.807, 2.05) is 65.6 Å². The number of likely N-dealkylation sites (N-methyl/N-ethyl adjacent to an activating group) is 2. The number of carbonyl (C=O) groups is 1. The zero-order valence-corrected chi connectivity index (χ0v) is 26.4. The quantitative estimate of drug-likeness (QED) is 0.292. The summed E-state index contributed by atoms with van der Waals surface area (Å²) in [6.07, 6.45) is -2.94. The lowest BCUT2D eigenvalue weighted by atomic mass is 9.85. The summed E-state index contributed by atoms with van der Waals surface area (Å²) in [5, 5.41) is 45.0. The predicted octanol–water partition coefficient (Wildman–Crippen LogP) is 1.78. The van der Waals surface area contributed by atoms with Crippen molar-refractivity contribution in [2.24, 2.45) is 17.8 Å². The highest BCUT2D eigenvalue weighted by molar-refractivity contribution is 5.73. The van der Waals surface area contributed by atoms with E-state index in [0.29, 0.717) is 13.0 Å². The number of cyclic esters (lactones) is 1. The van der Waals surface area contributed by atoms with Crippen LogP contribution in [-0.2, 0) is 19.0 Å². The van der Waals surface area contributed by atoms with Crippen LogP contribution >= 0.6 is 0 Å². The predicted molar refractivity (Wildman–Crippen MR) is 153 cm³/mol. The van der Waals surface area contributed by atoms with Gasteiger partial charge in [-0.1, -0.05) is 26.8 Å². The van der Waals surface area contributed by atoms with Crippen molar-refractivity contribution < 1.29 is 39.4 Å². The van der Waals surface area contributed by atoms with Gasteiger partial charge in [-0.3, -0.25) is 4.79 Å². The summed E-state index contributed by atoms with van der Waals surface area (Å²) in [4.78, 5) is 17.2. The van der Waals surface area contributed by atoms with E-state index in [-0.39, 0.29) is 24.5 Å². The van der Waals surface area contributed by atoms with Crippen LogP contribution in [0.3, 0.4) is 0 Å². The Morgan fingerprint density at radius 3 is 2.27 bits per heavy atom. The van der Waals surface area contributed by atoms with Crippen LogP contribution in [-0.4, -0.2) is 124 Å². The van der Waals surface area contributed by atoms with Crippen LogP contribution in [0.5, 0.6) is 0 Å². The lowest BCUT2D eigenvalue weighted by Crippen LogP contribution is -2.59. The molecule has 10 heteroatoms. The van der Waals surface area contributed by atoms with Gasteiger partial charge in [-0.25, -0.2) is 0 Å². The number of hydrogen-bond donors (Lipinski definition) is 4. The van der Waals surface area contributed by atoms with Crippen LogP contribution in [0.1, 0.15) is 68.2 Å². The van der Waals surface area contributed by atoms with E-state index in [2.05, 4.69) is 6.08 Å². The number of aliphatic hydroxyl groups is 4. The molecular formula is C30H56N2O8. The SMILES string of the molecule is CC[C@H]1OC(=O)[C@H](C)[C@@H](O)[C@H](C)[C@@H](O[C@@H]2O[C@H](C)CC(N(C)C)[C@H]2O)/C(C)=C/[C@@H](C)CN(C)[C@H](C)[C@@H](O)[C@]1(C)O. The van der Waals surface area contributed by atoms with E-state index in [1.54, 1.807) is 13.8 Å². The van der Waals surface area contributed by atoms with Crippen LogP contribution in [0.25, 0.3) is 0 Å². The molecule has 0 bridgehead atoms. The summed E-state index contributed by atoms with van der Waals surface area (Å²) in [7, 11) is 5.70. The molecule has 2 heterocycles. The molecular weight excluding hydrogens is 516 g/mol. The molecule has 2 aliphatic heterocycles. The van der Waals surface area contributed by atoms with Gasteiger partial charge in [-0.05, 0) is 80.1 Å². The Labute approximate surface area is 241 Å². The third-order valence-electron chi connectivity index (χ3n) is 9.06. The Morgan fingerprint density at radius 1 is 1.12 bits per heavy atom. The van der Waals surface area contributed by atoms with E-state index in [0.717, 1.165) is 5.57 Å². The van der Waals surface area contributed by atoms with Crippen molar-refractivity contribution in [3.05, 3.63) is 11.6 Å². The van der Waals surface area contributed by atoms with Gasteiger partial charge in [0.2, 0.25) is 0 Å². The van der Waals surface area contributed by atoms with Gasteiger partial charge < -0.3 is 44.4 Å². The van der Waals surface area contributed by atoms with Crippen LogP contribution < -0.4 is 0 Å². The van der Waals surface area contributed by atoms with Gasteiger partial charge in [-0.2, -0.15) is 0 Å². The highest BCUT2D eigenvalue weighted by Gasteiger charge is 2.46. The molecule has 0 aromatic heterocycles. The second-order valence-electron chi connectivity index (χ2n) is 12.8. The summed E-state index contributed by atoms with van der Waals surface area (Å²) < 4.78 is 18.2. The van der Waals surface area contributed by atoms with E-state index in [4.69, 9.17) is 14.2 Å². The molecule has 0 saturated carbocycles. The minimum Gasteiger partial charge on any atom is -0.459 e. The van der Waals surface area contributed by atoms with Crippen molar-refractivity contribution in [1.82, 2.24) is 9.80 Å². The molecule has 4 N–H and O–H groups in total. The molecule has 0 aromatic carbocycles. The second kappa shape index (κ2) is 14.4. The van der Waals surface area contributed by atoms with Gasteiger partial charge in [0, 0.05) is 24.5 Å². The molecule has 0 aliphatic carbocycles. The number of rotatable bonds is 4. The summed E-state index contributed by atoms with van der Waals surface area (Å²) >= 11 is 0. The zero-order chi connectivity index (χ0) is 30.7. The third kappa shape index (κ3) is 8.04. The molecule has 234 valence electrons. The van der Waals surface area contributed by atoms with E-state index < -0.39 is 66.3 Å². The molecule has 0 spiro atoms. The van der Waals surface area contributed by atoms with Gasteiger partial charge in [0.1, 0.15) is 23.9 Å². The molecule has 40 heavy (non-hydrogen) atoms. The van der Waals surface area contributed by atoms with Gasteiger partial charge >= 0.3 is 5.97 Å². The van der Waals surface area contributed by atoms with Gasteiger partial charge in [-0.15, -0.1) is 0 Å². The molecule has 1 fully saturated rings. The van der Waals surface area contributed by atoms with E-state index in [1.165, 1.54) is 6.92 Å². The van der Waals surface area contributed by atoms with Crippen LogP contribution in [0.4, 0.5) is 0 Å². The van der Waals surface area contributed by atoms with Crippen LogP contribution in [0.2, 0.25) is 0 Å². The molecule has 1 unspecified atom stereocenters. The van der Waals surface area contributed by atoms with Crippen molar-refractivity contribution in [1.29, 1.82) is 0 Å². The second-order valence-corrected chi connectivity index (χ2v) is 12.8. The summed E-state index contributed by atoms with van der Waals surface area (Å²) in [6, 6.07) is -0.595. The van der Waals surface area contributed by atoms with Crippen molar-refractivity contribution >= 4 is 5.97 Å². The topological polar surface area (TPSA) is 132 Å². The normalized spacial score (nSPS) is 46.7. The molecule has 0 amide bonds. The molecule has 10 nitrogen and oxygen atoms in total. The molecule has 1 saturated heterocycles. The maximum Gasteiger partial charge on any atom is 0.311 e. The van der Waals surface area contributed by atoms with Gasteiger partial charge in [0.05, 0.1) is 24.2 Å². The Hall–Kier alpha value is -1.11. The summed E-state index contributed by atoms with van der Waals surface area (Å²) in [5.74, 6) is -2.15. The highest BCUT2D eigenvalue weighted by Crippen LogP contribution is 2.33. The first kappa shape index (κ1) is 35.1. The largest absolute Gasteiger partial charge is 0.459 e. The molecule has 0 radical (unpaired) electrons. The standard InChI is InChI=1S/C30H56N2O8/c1-12-23-30(8,37)27(35)21(7)32(11)15-16(2)13-17(3)26(19(5)24(33)20(6)28(36)39-23)40-29-25(34)22(31(9)10)14-18(4)38-29/h13,16,18-27,29,33-35,37H,12,14-15H2,1-11H3/b17-13+/t16-,18-,19+,20-,21-,22?,23-,24+,25-,26+,27-,29+,30-/m1/s1. The average Bonchev–Trinajstić information content (AvgIpc) is 2.88. The third-order valence-corrected chi connectivity index (χ3v) is 9.06. The Kier molecular flexibility index (Phi) is 12.6. The number of aliphatic hydroxyl groups excluding tert-OH is 3. The van der Waals surface area contributed by atoms with Crippen LogP contribution in [0, 0.1) is 17.8 Å². The molecule has 0 aromatic rings. The monoisotopic (exact) mass is 572 g/mol. The molecule has 2 aliphatic rings. The van der Waals surface area contributed by atoms with Crippen molar-refractivity contribution in [3.8, 4) is 0 Å². The minimum absolute atomic E-state index is 0.0214. The smallest absolute Gasteiger partial charge is 0.311 e. The number of esters is 1. The fourth-order valence-electron chi connectivity index (χ4n) is 6.22. The number of hydrogen-bond acceptors (Lipinski definition) is 10. The average molecular weight is 573 g/mol. The van der Waals surface area contributed by atoms with Crippen LogP contribution in [0.15, 0.2) is 11.6 Å². The van der Waals surface area contributed by atoms with Gasteiger partial charge in [0.25, 0.3) is 0 Å². The molecule has 2 rings (SSSR count). The lowest BCUT2D eigenvalue weighted by Gasteiger charge is -2.43. The fourth-order valence-corrected chi connectivity index (χ4v) is 6.22. The van der Waals surface area contributed by atoms with Crippen molar-refractivity contribution in [2.45, 2.75) is 129 Å². The first-order valence-corrected chi connectivity index (χ1v) is 14.8. The number of ether oxygens (including phenoxy) is 3. The van der Waals surface area contributed by atoms with Gasteiger partial charge in [0.15, 0.2) is 6.29 Å². The first-order valence-electron chi connectivity index (χ1n) is 14.8. The zero-order valence-electron chi connectivity index (χ0n) is 26.4. The Morgan fingerprint density at radius 2 is 1.73 bits per heavy atom. The van der Waals surface area contributed by atoms with E-state index in [9.17, 15) is 25.2 Å². The summed E-state index contributed by atoms with van der Waals surface area (Å²) in [5.41, 5.74) is -0.867. The maximum absolute atomic E-state index is 13.2. The number of nitrogens with zero attached hydrogens (tertiary/aromatic N) is 2. The number of carbonyl (C=O) groups excluding carboxylic acids is 1. The van der Waals surface area contributed by atoms with Crippen molar-refractivity contribution in [3.63, 3.8) is 0 Å². The Balaban J connectivity index is 2.51. The van der Waals surface area contributed by atoms with E-state index >= 15 is 0 Å². The summed E-state index contributed by atoms with van der Waals surface area (Å²) in [6.45, 7) is 15.0.